The molecule has 2 N–H and O–H groups in total. The molecule has 2 aromatic rings. The Balaban J connectivity index is 2.39. The number of hydrogen-bond donors (Lipinski definition) is 2. The maximum Gasteiger partial charge on any atom is 0.198 e. The van der Waals surface area contributed by atoms with Crippen LogP contribution >= 0.6 is 0 Å². The van der Waals surface area contributed by atoms with Crippen LogP contribution in [0, 0.1) is 0 Å². The number of benzene rings is 1. The lowest BCUT2D eigenvalue weighted by molar-refractivity contribution is 0.103. The zero-order valence-electron chi connectivity index (χ0n) is 8.31. The van der Waals surface area contributed by atoms with Crippen molar-refractivity contribution in [2.45, 2.75) is 0 Å². The topological polar surface area (TPSA) is 70.2 Å². The van der Waals surface area contributed by atoms with Crippen LogP contribution in [0.1, 0.15) is 26.4 Å². The minimum absolute atomic E-state index is 0.0682. The number of rotatable bonds is 3. The van der Waals surface area contributed by atoms with Gasteiger partial charge in [-0.05, 0) is 18.2 Å². The summed E-state index contributed by atoms with van der Waals surface area (Å²) >= 11 is 0. The Labute approximate surface area is 91.5 Å². The molecule has 4 heteroatoms. The zero-order chi connectivity index (χ0) is 11.5. The second-order valence-electron chi connectivity index (χ2n) is 3.31. The lowest BCUT2D eigenvalue weighted by atomic mass is 10.1. The van der Waals surface area contributed by atoms with E-state index in [1.54, 1.807) is 12.1 Å². The molecule has 0 aliphatic carbocycles. The van der Waals surface area contributed by atoms with Crippen molar-refractivity contribution in [3.63, 3.8) is 0 Å². The van der Waals surface area contributed by atoms with Gasteiger partial charge in [0.2, 0.25) is 0 Å². The lowest BCUT2D eigenvalue weighted by Crippen LogP contribution is -1.99. The van der Waals surface area contributed by atoms with E-state index in [4.69, 9.17) is 0 Å². The van der Waals surface area contributed by atoms with E-state index >= 15 is 0 Å². The molecule has 0 aliphatic heterocycles. The van der Waals surface area contributed by atoms with Crippen LogP contribution in [0.3, 0.4) is 0 Å². The van der Waals surface area contributed by atoms with E-state index in [-0.39, 0.29) is 17.1 Å². The summed E-state index contributed by atoms with van der Waals surface area (Å²) in [5, 5.41) is 9.51. The van der Waals surface area contributed by atoms with E-state index in [1.807, 2.05) is 0 Å². The van der Waals surface area contributed by atoms with Gasteiger partial charge in [-0.15, -0.1) is 0 Å². The predicted molar refractivity (Wildman–Crippen MR) is 57.7 cm³/mol. The highest BCUT2D eigenvalue weighted by Crippen LogP contribution is 2.19. The van der Waals surface area contributed by atoms with Crippen molar-refractivity contribution in [2.75, 3.05) is 0 Å². The second-order valence-corrected chi connectivity index (χ2v) is 3.31. The van der Waals surface area contributed by atoms with E-state index in [0.29, 0.717) is 17.5 Å². The van der Waals surface area contributed by atoms with Crippen LogP contribution in [0.25, 0.3) is 0 Å². The van der Waals surface area contributed by atoms with Crippen LogP contribution in [0.4, 0.5) is 0 Å². The molecule has 0 spiro atoms. The highest BCUT2D eigenvalue weighted by atomic mass is 16.3. The van der Waals surface area contributed by atoms with Crippen LogP contribution in [0.15, 0.2) is 36.5 Å². The first-order valence-corrected chi connectivity index (χ1v) is 4.68. The molecule has 0 saturated carbocycles. The first-order chi connectivity index (χ1) is 7.72. The molecular weight excluding hydrogens is 206 g/mol. The number of carbonyl (C=O) groups excluding carboxylic acids is 2. The fourth-order valence-corrected chi connectivity index (χ4v) is 1.43. The summed E-state index contributed by atoms with van der Waals surface area (Å²) in [4.78, 5) is 25.0. The summed E-state index contributed by atoms with van der Waals surface area (Å²) in [5.41, 5.74) is 0.904. The molecule has 0 amide bonds. The number of phenols is 1. The summed E-state index contributed by atoms with van der Waals surface area (Å²) in [6, 6.07) is 7.73. The molecule has 4 nitrogen and oxygen atoms in total. The van der Waals surface area contributed by atoms with Crippen LogP contribution < -0.4 is 0 Å². The monoisotopic (exact) mass is 215 g/mol. The molecule has 2 rings (SSSR count). The van der Waals surface area contributed by atoms with Gasteiger partial charge < -0.3 is 10.1 Å². The van der Waals surface area contributed by atoms with Crippen LogP contribution in [-0.2, 0) is 0 Å². The van der Waals surface area contributed by atoms with E-state index in [2.05, 4.69) is 4.98 Å². The van der Waals surface area contributed by atoms with E-state index in [0.717, 1.165) is 0 Å². The van der Waals surface area contributed by atoms with Gasteiger partial charge in [0.1, 0.15) is 5.75 Å². The Morgan fingerprint density at radius 3 is 2.69 bits per heavy atom. The minimum Gasteiger partial charge on any atom is -0.507 e. The summed E-state index contributed by atoms with van der Waals surface area (Å²) in [6.07, 6.45) is 2.07. The van der Waals surface area contributed by atoms with Crippen molar-refractivity contribution in [3.05, 3.63) is 53.3 Å². The van der Waals surface area contributed by atoms with Crippen molar-refractivity contribution in [1.29, 1.82) is 0 Å². The molecule has 80 valence electrons. The summed E-state index contributed by atoms with van der Waals surface area (Å²) in [6.45, 7) is 0. The first-order valence-electron chi connectivity index (χ1n) is 4.68. The fourth-order valence-electron chi connectivity index (χ4n) is 1.43. The molecule has 0 atom stereocenters. The number of phenolic OH excluding ortho intramolecular Hbond substituents is 1. The molecular formula is C12H9NO3. The highest BCUT2D eigenvalue weighted by molar-refractivity contribution is 6.11. The van der Waals surface area contributed by atoms with Gasteiger partial charge in [0.15, 0.2) is 12.1 Å². The number of carbonyl (C=O) groups is 2. The van der Waals surface area contributed by atoms with Crippen molar-refractivity contribution in [2.24, 2.45) is 0 Å². The molecule has 0 aliphatic rings. The highest BCUT2D eigenvalue weighted by Gasteiger charge is 2.14. The fraction of sp³-hybridized carbons (Fsp3) is 0. The third-order valence-corrected chi connectivity index (χ3v) is 2.24. The van der Waals surface area contributed by atoms with Crippen molar-refractivity contribution < 1.29 is 14.7 Å². The lowest BCUT2D eigenvalue weighted by Gasteiger charge is -2.00. The molecule has 0 bridgehead atoms. The van der Waals surface area contributed by atoms with Gasteiger partial charge in [0, 0.05) is 11.8 Å². The number of nitrogens with one attached hydrogen (secondary N) is 1. The quantitative estimate of drug-likeness (QED) is 0.605. The van der Waals surface area contributed by atoms with Crippen LogP contribution in [0.5, 0.6) is 5.75 Å². The number of aldehydes is 1. The average Bonchev–Trinajstić information content (AvgIpc) is 2.77. The maximum absolute atomic E-state index is 11.9. The van der Waals surface area contributed by atoms with Crippen molar-refractivity contribution in [1.82, 2.24) is 4.98 Å². The standard InChI is InChI=1S/C12H9NO3/c14-7-9-5-8(6-13-9)12(16)10-3-1-2-4-11(10)15/h1-7,13,15H. The number of aromatic amines is 1. The number of para-hydroxylation sites is 1. The summed E-state index contributed by atoms with van der Waals surface area (Å²) in [5.74, 6) is -0.385. The third-order valence-electron chi connectivity index (χ3n) is 2.24. The van der Waals surface area contributed by atoms with Crippen molar-refractivity contribution in [3.8, 4) is 5.75 Å². The minimum atomic E-state index is -0.317. The van der Waals surface area contributed by atoms with Gasteiger partial charge in [-0.3, -0.25) is 9.59 Å². The smallest absolute Gasteiger partial charge is 0.198 e. The van der Waals surface area contributed by atoms with Gasteiger partial charge in [0.05, 0.1) is 11.3 Å². The van der Waals surface area contributed by atoms with Gasteiger partial charge in [-0.2, -0.15) is 0 Å². The summed E-state index contributed by atoms with van der Waals surface area (Å²) < 4.78 is 0. The molecule has 1 aromatic heterocycles. The molecule has 0 radical (unpaired) electrons. The van der Waals surface area contributed by atoms with E-state index < -0.39 is 0 Å². The Kier molecular flexibility index (Phi) is 2.55. The molecule has 16 heavy (non-hydrogen) atoms. The number of aromatic nitrogens is 1. The normalized spacial score (nSPS) is 10.0. The Morgan fingerprint density at radius 1 is 1.31 bits per heavy atom. The number of aromatic hydroxyl groups is 1. The van der Waals surface area contributed by atoms with Crippen molar-refractivity contribution >= 4 is 12.1 Å². The van der Waals surface area contributed by atoms with E-state index in [9.17, 15) is 14.7 Å². The molecule has 1 heterocycles. The van der Waals surface area contributed by atoms with Gasteiger partial charge in [-0.1, -0.05) is 12.1 Å². The number of ketones is 1. The number of H-pyrrole nitrogens is 1. The maximum atomic E-state index is 11.9. The second kappa shape index (κ2) is 4.02. The molecule has 0 unspecified atom stereocenters. The van der Waals surface area contributed by atoms with Gasteiger partial charge in [0.25, 0.3) is 0 Å². The Hall–Kier alpha value is -2.36. The average molecular weight is 215 g/mol. The van der Waals surface area contributed by atoms with Gasteiger partial charge in [-0.25, -0.2) is 0 Å². The van der Waals surface area contributed by atoms with Crippen LogP contribution in [0.2, 0.25) is 0 Å². The third kappa shape index (κ3) is 1.72. The molecule has 0 fully saturated rings. The first kappa shape index (κ1) is 10.2. The summed E-state index contributed by atoms with van der Waals surface area (Å²) in [7, 11) is 0. The zero-order valence-corrected chi connectivity index (χ0v) is 8.31. The Bertz CT molecular complexity index is 543. The molecule has 1 aromatic carbocycles. The number of hydrogen-bond acceptors (Lipinski definition) is 3. The molecule has 0 saturated heterocycles. The van der Waals surface area contributed by atoms with E-state index in [1.165, 1.54) is 24.4 Å². The largest absolute Gasteiger partial charge is 0.507 e. The van der Waals surface area contributed by atoms with Crippen LogP contribution in [-0.4, -0.2) is 22.2 Å². The SMILES string of the molecule is O=Cc1cc(C(=O)c2ccccc2O)c[nH]1. The predicted octanol–water partition coefficient (Wildman–Crippen LogP) is 1.76. The Morgan fingerprint density at radius 2 is 2.06 bits per heavy atom. The van der Waals surface area contributed by atoms with Gasteiger partial charge >= 0.3 is 0 Å².